The third kappa shape index (κ3) is 4.44. The molecule has 1 aromatic heterocycles. The monoisotopic (exact) mass is 344 g/mol. The number of hydrogen-bond acceptors (Lipinski definition) is 3. The van der Waals surface area contributed by atoms with E-state index in [2.05, 4.69) is 11.4 Å². The molecule has 0 radical (unpaired) electrons. The number of carbonyl (C=O) groups is 1. The van der Waals surface area contributed by atoms with Crippen molar-refractivity contribution in [3.05, 3.63) is 61.8 Å². The van der Waals surface area contributed by atoms with Crippen molar-refractivity contribution < 1.29 is 4.79 Å². The molecule has 0 saturated carbocycles. The second kappa shape index (κ2) is 7.45. The number of carbonyl (C=O) groups excluding carboxylic acids is 1. The first-order valence-corrected chi connectivity index (χ1v) is 8.35. The van der Waals surface area contributed by atoms with E-state index in [-0.39, 0.29) is 17.5 Å². The van der Waals surface area contributed by atoms with Gasteiger partial charge in [0, 0.05) is 4.88 Å². The Bertz CT molecular complexity index is 802. The molecular weight excluding hydrogens is 328 g/mol. The lowest BCUT2D eigenvalue weighted by atomic mass is 10.00. The Morgan fingerprint density at radius 3 is 2.70 bits per heavy atom. The predicted octanol–water partition coefficient (Wildman–Crippen LogP) is 4.80. The third-order valence-electron chi connectivity index (χ3n) is 3.49. The van der Waals surface area contributed by atoms with Crippen LogP contribution in [0.3, 0.4) is 0 Å². The van der Waals surface area contributed by atoms with E-state index < -0.39 is 0 Å². The van der Waals surface area contributed by atoms with Crippen molar-refractivity contribution in [2.24, 2.45) is 0 Å². The first-order valence-electron chi connectivity index (χ1n) is 7.16. The highest BCUT2D eigenvalue weighted by Crippen LogP contribution is 2.24. The number of rotatable bonds is 4. The number of halogens is 1. The fourth-order valence-corrected chi connectivity index (χ4v) is 3.28. The number of thiophene rings is 1. The van der Waals surface area contributed by atoms with Crippen molar-refractivity contribution >= 4 is 34.9 Å². The number of benzene rings is 1. The highest BCUT2D eigenvalue weighted by atomic mass is 35.5. The van der Waals surface area contributed by atoms with Gasteiger partial charge in [-0.2, -0.15) is 5.26 Å². The fourth-order valence-electron chi connectivity index (χ4n) is 2.28. The van der Waals surface area contributed by atoms with Gasteiger partial charge >= 0.3 is 0 Å². The SMILES string of the molecule is Cc1ccc(C)c(C(C)NC(=O)C(C#N)=Cc2ccc(Cl)s2)c1. The van der Waals surface area contributed by atoms with Gasteiger partial charge in [0.2, 0.25) is 0 Å². The standard InChI is InChI=1S/C18H17ClN2OS/c1-11-4-5-12(2)16(8-11)13(3)21-18(22)14(10-20)9-15-6-7-17(19)23-15/h4-9,13H,1-3H3,(H,21,22). The second-order valence-corrected chi connectivity index (χ2v) is 7.11. The van der Waals surface area contributed by atoms with Crippen LogP contribution < -0.4 is 5.32 Å². The summed E-state index contributed by atoms with van der Waals surface area (Å²) in [4.78, 5) is 13.1. The average Bonchev–Trinajstić information content (AvgIpc) is 2.92. The normalized spacial score (nSPS) is 12.6. The lowest BCUT2D eigenvalue weighted by Crippen LogP contribution is -2.28. The Kier molecular flexibility index (Phi) is 5.59. The topological polar surface area (TPSA) is 52.9 Å². The zero-order valence-electron chi connectivity index (χ0n) is 13.2. The minimum Gasteiger partial charge on any atom is -0.345 e. The van der Waals surface area contributed by atoms with Crippen LogP contribution >= 0.6 is 22.9 Å². The number of hydrogen-bond donors (Lipinski definition) is 1. The van der Waals surface area contributed by atoms with Crippen LogP contribution in [0.25, 0.3) is 6.08 Å². The quantitative estimate of drug-likeness (QED) is 0.639. The molecule has 5 heteroatoms. The second-order valence-electron chi connectivity index (χ2n) is 5.37. The molecule has 1 heterocycles. The summed E-state index contributed by atoms with van der Waals surface area (Å²) in [7, 11) is 0. The fraction of sp³-hybridized carbons (Fsp3) is 0.222. The average molecular weight is 345 g/mol. The molecule has 3 nitrogen and oxygen atoms in total. The van der Waals surface area contributed by atoms with E-state index in [0.29, 0.717) is 4.34 Å². The summed E-state index contributed by atoms with van der Waals surface area (Å²) in [6.07, 6.45) is 1.56. The van der Waals surface area contributed by atoms with E-state index in [1.165, 1.54) is 11.3 Å². The maximum Gasteiger partial charge on any atom is 0.262 e. The van der Waals surface area contributed by atoms with Gasteiger partial charge < -0.3 is 5.32 Å². The number of nitriles is 1. The number of aryl methyl sites for hydroxylation is 2. The van der Waals surface area contributed by atoms with Crippen molar-refractivity contribution in [2.75, 3.05) is 0 Å². The van der Waals surface area contributed by atoms with Crippen LogP contribution in [0.1, 0.15) is 34.5 Å². The predicted molar refractivity (Wildman–Crippen MR) is 95.4 cm³/mol. The van der Waals surface area contributed by atoms with Crippen molar-refractivity contribution in [1.82, 2.24) is 5.32 Å². The van der Waals surface area contributed by atoms with Gasteiger partial charge in [-0.25, -0.2) is 0 Å². The molecular formula is C18H17ClN2OS. The van der Waals surface area contributed by atoms with Gasteiger partial charge in [0.1, 0.15) is 11.6 Å². The van der Waals surface area contributed by atoms with Crippen LogP contribution in [0.2, 0.25) is 4.34 Å². The van der Waals surface area contributed by atoms with Crippen LogP contribution in [-0.2, 0) is 4.79 Å². The smallest absolute Gasteiger partial charge is 0.262 e. The minimum atomic E-state index is -0.384. The van der Waals surface area contributed by atoms with Gasteiger partial charge in [0.15, 0.2) is 0 Å². The number of nitrogens with zero attached hydrogens (tertiary/aromatic N) is 1. The maximum atomic E-state index is 12.3. The van der Waals surface area contributed by atoms with Crippen LogP contribution in [0.15, 0.2) is 35.9 Å². The number of amides is 1. The molecule has 0 aliphatic carbocycles. The van der Waals surface area contributed by atoms with E-state index in [0.717, 1.165) is 21.6 Å². The van der Waals surface area contributed by atoms with E-state index in [1.807, 2.05) is 39.0 Å². The van der Waals surface area contributed by atoms with Gasteiger partial charge in [-0.1, -0.05) is 35.4 Å². The largest absolute Gasteiger partial charge is 0.345 e. The van der Waals surface area contributed by atoms with E-state index in [4.69, 9.17) is 11.6 Å². The molecule has 1 aromatic carbocycles. The summed E-state index contributed by atoms with van der Waals surface area (Å²) < 4.78 is 0.623. The summed E-state index contributed by atoms with van der Waals surface area (Å²) in [6.45, 7) is 5.93. The van der Waals surface area contributed by atoms with Crippen molar-refractivity contribution in [1.29, 1.82) is 5.26 Å². The zero-order chi connectivity index (χ0) is 17.0. The molecule has 2 aromatic rings. The third-order valence-corrected chi connectivity index (χ3v) is 4.67. The lowest BCUT2D eigenvalue weighted by molar-refractivity contribution is -0.117. The van der Waals surface area contributed by atoms with Gasteiger partial charge in [0.25, 0.3) is 5.91 Å². The molecule has 0 fully saturated rings. The molecule has 0 saturated heterocycles. The maximum absolute atomic E-state index is 12.3. The summed E-state index contributed by atoms with van der Waals surface area (Å²) >= 11 is 7.20. The summed E-state index contributed by atoms with van der Waals surface area (Å²) in [6, 6.07) is 11.4. The molecule has 1 atom stereocenters. The molecule has 1 amide bonds. The molecule has 0 bridgehead atoms. The van der Waals surface area contributed by atoms with Crippen LogP contribution in [0, 0.1) is 25.2 Å². The molecule has 1 N–H and O–H groups in total. The molecule has 2 rings (SSSR count). The Labute approximate surface area is 145 Å². The van der Waals surface area contributed by atoms with E-state index in [1.54, 1.807) is 18.2 Å². The summed E-state index contributed by atoms with van der Waals surface area (Å²) in [5.74, 6) is -0.384. The zero-order valence-corrected chi connectivity index (χ0v) is 14.8. The molecule has 0 spiro atoms. The first-order chi connectivity index (χ1) is 10.9. The Morgan fingerprint density at radius 1 is 1.35 bits per heavy atom. The molecule has 23 heavy (non-hydrogen) atoms. The van der Waals surface area contributed by atoms with Gasteiger partial charge in [-0.15, -0.1) is 11.3 Å². The molecule has 0 aliphatic rings. The van der Waals surface area contributed by atoms with Crippen molar-refractivity contribution in [3.8, 4) is 6.07 Å². The Hall–Kier alpha value is -2.09. The Morgan fingerprint density at radius 2 is 2.09 bits per heavy atom. The summed E-state index contributed by atoms with van der Waals surface area (Å²) in [5.41, 5.74) is 3.36. The Balaban J connectivity index is 2.18. The molecule has 1 unspecified atom stereocenters. The number of nitrogens with one attached hydrogen (secondary N) is 1. The minimum absolute atomic E-state index is 0.0701. The van der Waals surface area contributed by atoms with E-state index in [9.17, 15) is 10.1 Å². The highest BCUT2D eigenvalue weighted by Gasteiger charge is 2.15. The molecule has 118 valence electrons. The van der Waals surface area contributed by atoms with Crippen molar-refractivity contribution in [3.63, 3.8) is 0 Å². The van der Waals surface area contributed by atoms with Crippen molar-refractivity contribution in [2.45, 2.75) is 26.8 Å². The van der Waals surface area contributed by atoms with E-state index >= 15 is 0 Å². The lowest BCUT2D eigenvalue weighted by Gasteiger charge is -2.17. The molecule has 0 aliphatic heterocycles. The van der Waals surface area contributed by atoms with Crippen LogP contribution in [-0.4, -0.2) is 5.91 Å². The van der Waals surface area contributed by atoms with Gasteiger partial charge in [-0.05, 0) is 50.1 Å². The van der Waals surface area contributed by atoms with Gasteiger partial charge in [-0.3, -0.25) is 4.79 Å². The summed E-state index contributed by atoms with van der Waals surface area (Å²) in [5, 5.41) is 12.1. The van der Waals surface area contributed by atoms with Crippen LogP contribution in [0.4, 0.5) is 0 Å². The highest BCUT2D eigenvalue weighted by molar-refractivity contribution is 7.17. The van der Waals surface area contributed by atoms with Crippen LogP contribution in [0.5, 0.6) is 0 Å². The first kappa shape index (κ1) is 17.3. The van der Waals surface area contributed by atoms with Gasteiger partial charge in [0.05, 0.1) is 10.4 Å².